The van der Waals surface area contributed by atoms with E-state index in [1.165, 1.54) is 49.9 Å². The van der Waals surface area contributed by atoms with E-state index in [0.717, 1.165) is 37.4 Å². The molecule has 2 fully saturated rings. The third kappa shape index (κ3) is 5.52. The van der Waals surface area contributed by atoms with Crippen LogP contribution in [-0.2, 0) is 13.1 Å². The van der Waals surface area contributed by atoms with Crippen molar-refractivity contribution in [1.82, 2.24) is 15.5 Å². The van der Waals surface area contributed by atoms with Crippen molar-refractivity contribution in [2.24, 2.45) is 16.8 Å². The van der Waals surface area contributed by atoms with Gasteiger partial charge in [0, 0.05) is 26.7 Å². The topological polar surface area (TPSA) is 39.7 Å². The molecule has 0 amide bonds. The highest BCUT2D eigenvalue weighted by Crippen LogP contribution is 2.27. The van der Waals surface area contributed by atoms with Gasteiger partial charge in [-0.15, -0.1) is 0 Å². The van der Waals surface area contributed by atoms with Gasteiger partial charge in [0.1, 0.15) is 0 Å². The Bertz CT molecular complexity index is 542. The van der Waals surface area contributed by atoms with Gasteiger partial charge in [0.05, 0.1) is 0 Å². The Morgan fingerprint density at radius 1 is 1.12 bits per heavy atom. The molecule has 0 bridgehead atoms. The summed E-state index contributed by atoms with van der Waals surface area (Å²) in [6.45, 7) is 7.80. The number of likely N-dealkylation sites (tertiary alicyclic amines) is 1. The predicted octanol–water partition coefficient (Wildman–Crippen LogP) is 2.99. The first-order valence-electron chi connectivity index (χ1n) is 9.47. The van der Waals surface area contributed by atoms with E-state index >= 15 is 0 Å². The lowest BCUT2D eigenvalue weighted by molar-refractivity contribution is 0.185. The molecule has 4 nitrogen and oxygen atoms in total. The third-order valence-electron chi connectivity index (χ3n) is 5.21. The van der Waals surface area contributed by atoms with Crippen LogP contribution in [0.5, 0.6) is 0 Å². The van der Waals surface area contributed by atoms with Gasteiger partial charge in [-0.1, -0.05) is 31.2 Å². The Morgan fingerprint density at radius 2 is 1.88 bits per heavy atom. The number of nitrogens with zero attached hydrogens (tertiary/aromatic N) is 2. The minimum absolute atomic E-state index is 0.829. The van der Waals surface area contributed by atoms with Gasteiger partial charge in [0.15, 0.2) is 5.96 Å². The maximum atomic E-state index is 4.31. The van der Waals surface area contributed by atoms with Gasteiger partial charge in [0.2, 0.25) is 0 Å². The van der Waals surface area contributed by atoms with E-state index in [1.54, 1.807) is 0 Å². The number of piperidine rings is 1. The lowest BCUT2D eigenvalue weighted by Crippen LogP contribution is -2.37. The first-order valence-corrected chi connectivity index (χ1v) is 9.47. The minimum Gasteiger partial charge on any atom is -0.356 e. The average molecular weight is 329 g/mol. The van der Waals surface area contributed by atoms with Crippen molar-refractivity contribution in [2.75, 3.05) is 26.7 Å². The highest BCUT2D eigenvalue weighted by atomic mass is 15.2. The van der Waals surface area contributed by atoms with E-state index < -0.39 is 0 Å². The number of aliphatic imine (C=N–C) groups is 1. The summed E-state index contributed by atoms with van der Waals surface area (Å²) in [5.74, 6) is 2.67. The molecule has 24 heavy (non-hydrogen) atoms. The van der Waals surface area contributed by atoms with Gasteiger partial charge in [-0.2, -0.15) is 0 Å². The largest absolute Gasteiger partial charge is 0.356 e. The van der Waals surface area contributed by atoms with Gasteiger partial charge in [-0.05, 0) is 61.7 Å². The quantitative estimate of drug-likeness (QED) is 0.623. The molecule has 0 radical (unpaired) electrons. The summed E-state index contributed by atoms with van der Waals surface area (Å²) in [5, 5.41) is 6.85. The number of hydrogen-bond donors (Lipinski definition) is 2. The smallest absolute Gasteiger partial charge is 0.191 e. The van der Waals surface area contributed by atoms with Crippen LogP contribution in [0.15, 0.2) is 29.3 Å². The van der Waals surface area contributed by atoms with Crippen LogP contribution in [0.1, 0.15) is 43.7 Å². The maximum absolute atomic E-state index is 4.31. The van der Waals surface area contributed by atoms with E-state index in [2.05, 4.69) is 51.7 Å². The van der Waals surface area contributed by atoms with Crippen LogP contribution in [0.2, 0.25) is 0 Å². The van der Waals surface area contributed by atoms with Crippen molar-refractivity contribution in [1.29, 1.82) is 0 Å². The van der Waals surface area contributed by atoms with Gasteiger partial charge >= 0.3 is 0 Å². The lowest BCUT2D eigenvalue weighted by atomic mass is 9.98. The molecule has 3 rings (SSSR count). The van der Waals surface area contributed by atoms with E-state index in [4.69, 9.17) is 0 Å². The number of nitrogens with one attached hydrogen (secondary N) is 2. The fourth-order valence-corrected chi connectivity index (χ4v) is 3.29. The van der Waals surface area contributed by atoms with Crippen molar-refractivity contribution >= 4 is 5.96 Å². The Hall–Kier alpha value is -1.55. The highest BCUT2D eigenvalue weighted by molar-refractivity contribution is 5.79. The SMILES string of the molecule is CN=C(NCc1cccc(CN2CCC(C)CC2)c1)NCC1CC1. The number of guanidine groups is 1. The summed E-state index contributed by atoms with van der Waals surface area (Å²) < 4.78 is 0. The molecule has 0 aromatic heterocycles. The van der Waals surface area contributed by atoms with Crippen LogP contribution in [0.4, 0.5) is 0 Å². The van der Waals surface area contributed by atoms with Crippen LogP contribution < -0.4 is 10.6 Å². The Morgan fingerprint density at radius 3 is 2.58 bits per heavy atom. The predicted molar refractivity (Wildman–Crippen MR) is 101 cm³/mol. The van der Waals surface area contributed by atoms with Gasteiger partial charge in [-0.3, -0.25) is 9.89 Å². The van der Waals surface area contributed by atoms with E-state index in [9.17, 15) is 0 Å². The van der Waals surface area contributed by atoms with Gasteiger partial charge in [-0.25, -0.2) is 0 Å². The molecule has 4 heteroatoms. The van der Waals surface area contributed by atoms with Crippen molar-refractivity contribution in [2.45, 2.75) is 45.7 Å². The second-order valence-corrected chi connectivity index (χ2v) is 7.53. The Labute approximate surface area is 146 Å². The zero-order valence-electron chi connectivity index (χ0n) is 15.2. The molecule has 1 aliphatic carbocycles. The summed E-state index contributed by atoms with van der Waals surface area (Å²) in [6, 6.07) is 8.96. The highest BCUT2D eigenvalue weighted by Gasteiger charge is 2.21. The summed E-state index contributed by atoms with van der Waals surface area (Å²) in [5.41, 5.74) is 2.75. The molecule has 1 aromatic carbocycles. The summed E-state index contributed by atoms with van der Waals surface area (Å²) >= 11 is 0. The maximum Gasteiger partial charge on any atom is 0.191 e. The molecule has 1 aliphatic heterocycles. The molecule has 2 N–H and O–H groups in total. The summed E-state index contributed by atoms with van der Waals surface area (Å²) in [6.07, 6.45) is 5.40. The molecule has 1 heterocycles. The molecule has 1 saturated carbocycles. The van der Waals surface area contributed by atoms with Crippen molar-refractivity contribution < 1.29 is 0 Å². The van der Waals surface area contributed by atoms with Crippen LogP contribution >= 0.6 is 0 Å². The van der Waals surface area contributed by atoms with E-state index in [0.29, 0.717) is 0 Å². The molecular formula is C20H32N4. The van der Waals surface area contributed by atoms with Gasteiger partial charge < -0.3 is 10.6 Å². The van der Waals surface area contributed by atoms with Crippen molar-refractivity contribution in [3.05, 3.63) is 35.4 Å². The first kappa shape index (κ1) is 17.3. The van der Waals surface area contributed by atoms with E-state index in [-0.39, 0.29) is 0 Å². The molecule has 0 unspecified atom stereocenters. The third-order valence-corrected chi connectivity index (χ3v) is 5.21. The summed E-state index contributed by atoms with van der Waals surface area (Å²) in [7, 11) is 1.84. The summed E-state index contributed by atoms with van der Waals surface area (Å²) in [4.78, 5) is 6.90. The van der Waals surface area contributed by atoms with Crippen LogP contribution in [0, 0.1) is 11.8 Å². The molecule has 1 aromatic rings. The molecule has 0 atom stereocenters. The first-order chi connectivity index (χ1) is 11.7. The van der Waals surface area contributed by atoms with Crippen LogP contribution in [0.3, 0.4) is 0 Å². The molecule has 1 saturated heterocycles. The van der Waals surface area contributed by atoms with Gasteiger partial charge in [0.25, 0.3) is 0 Å². The molecule has 0 spiro atoms. The number of benzene rings is 1. The minimum atomic E-state index is 0.829. The number of hydrogen-bond acceptors (Lipinski definition) is 2. The van der Waals surface area contributed by atoms with Crippen molar-refractivity contribution in [3.63, 3.8) is 0 Å². The monoisotopic (exact) mass is 328 g/mol. The Balaban J connectivity index is 1.47. The van der Waals surface area contributed by atoms with Crippen molar-refractivity contribution in [3.8, 4) is 0 Å². The molecule has 132 valence electrons. The van der Waals surface area contributed by atoms with E-state index in [1.807, 2.05) is 7.05 Å². The normalized spacial score (nSPS) is 20.2. The van der Waals surface area contributed by atoms with Crippen LogP contribution in [-0.4, -0.2) is 37.5 Å². The van der Waals surface area contributed by atoms with Crippen LogP contribution in [0.25, 0.3) is 0 Å². The zero-order chi connectivity index (χ0) is 16.8. The Kier molecular flexibility index (Phi) is 6.13. The average Bonchev–Trinajstić information content (AvgIpc) is 3.42. The second-order valence-electron chi connectivity index (χ2n) is 7.53. The zero-order valence-corrected chi connectivity index (χ0v) is 15.2. The standard InChI is InChI=1S/C20H32N4/c1-16-8-10-24(11-9-16)15-19-5-3-4-18(12-19)14-23-20(21-2)22-13-17-6-7-17/h3-5,12,16-17H,6-11,13-15H2,1-2H3,(H2,21,22,23). The second kappa shape index (κ2) is 8.52. The molecule has 2 aliphatic rings. The fourth-order valence-electron chi connectivity index (χ4n) is 3.29. The fraction of sp³-hybridized carbons (Fsp3) is 0.650. The number of rotatable bonds is 6. The molecular weight excluding hydrogens is 296 g/mol. The lowest BCUT2D eigenvalue weighted by Gasteiger charge is -2.30.